The minimum absolute atomic E-state index is 0.163. The van der Waals surface area contributed by atoms with Crippen LogP contribution in [-0.2, 0) is 27.2 Å². The number of nitrogens with zero attached hydrogens (tertiary/aromatic N) is 1. The van der Waals surface area contributed by atoms with Gasteiger partial charge in [0.1, 0.15) is 12.7 Å². The molecule has 1 unspecified atom stereocenters. The molecule has 2 atom stereocenters. The zero-order valence-electron chi connectivity index (χ0n) is 14.7. The summed E-state index contributed by atoms with van der Waals surface area (Å²) in [6, 6.07) is 5.33. The van der Waals surface area contributed by atoms with Crippen molar-refractivity contribution >= 4 is 23.5 Å². The molecule has 2 amide bonds. The molecule has 1 fully saturated rings. The van der Waals surface area contributed by atoms with E-state index < -0.39 is 12.7 Å². The van der Waals surface area contributed by atoms with E-state index in [0.717, 1.165) is 23.2 Å². The standard InChI is InChI=1S/C18H23N3O5/c1-11(23)20-8-15-9-21(18(25)26-15)14-3-2-12-7-16(17(24)10-22)19-5-4-13(12)6-14/h2-3,6,15-16,19,22H,4-5,7-10H2,1H3,(H,20,23)/t15-,16?/m0/s1. The number of carbonyl (C=O) groups is 3. The molecule has 0 bridgehead atoms. The van der Waals surface area contributed by atoms with Crippen molar-refractivity contribution in [1.29, 1.82) is 0 Å². The number of nitrogens with one attached hydrogen (secondary N) is 2. The first-order chi connectivity index (χ1) is 12.5. The number of benzene rings is 1. The number of Topliss-reactive ketones (excluding diaryl/α,β-unsaturated/α-hetero) is 1. The maximum atomic E-state index is 12.2. The lowest BCUT2D eigenvalue weighted by molar-refractivity contribution is -0.123. The second-order valence-electron chi connectivity index (χ2n) is 6.59. The average Bonchev–Trinajstić information content (AvgIpc) is 2.86. The number of anilines is 1. The molecule has 0 aromatic heterocycles. The number of ether oxygens (including phenoxy) is 1. The third kappa shape index (κ3) is 4.03. The van der Waals surface area contributed by atoms with Crippen molar-refractivity contribution in [3.8, 4) is 0 Å². The summed E-state index contributed by atoms with van der Waals surface area (Å²) in [6.07, 6.45) is 0.445. The summed E-state index contributed by atoms with van der Waals surface area (Å²) in [5.41, 5.74) is 2.85. The Morgan fingerprint density at radius 1 is 1.38 bits per heavy atom. The molecule has 2 aliphatic rings. The van der Waals surface area contributed by atoms with E-state index in [-0.39, 0.29) is 30.4 Å². The fraction of sp³-hybridized carbons (Fsp3) is 0.500. The quantitative estimate of drug-likeness (QED) is 0.668. The van der Waals surface area contributed by atoms with Gasteiger partial charge in [-0.15, -0.1) is 0 Å². The predicted molar refractivity (Wildman–Crippen MR) is 94.0 cm³/mol. The molecule has 1 aromatic rings. The summed E-state index contributed by atoms with van der Waals surface area (Å²) in [4.78, 5) is 36.5. The van der Waals surface area contributed by atoms with Gasteiger partial charge in [0.2, 0.25) is 5.91 Å². The Morgan fingerprint density at radius 2 is 2.19 bits per heavy atom. The molecular formula is C18H23N3O5. The highest BCUT2D eigenvalue weighted by atomic mass is 16.6. The number of fused-ring (bicyclic) bond motifs is 1. The predicted octanol–water partition coefficient (Wildman–Crippen LogP) is -0.234. The van der Waals surface area contributed by atoms with Crippen LogP contribution in [0.25, 0.3) is 0 Å². The molecule has 0 aliphatic carbocycles. The van der Waals surface area contributed by atoms with Gasteiger partial charge in [-0.05, 0) is 42.6 Å². The maximum Gasteiger partial charge on any atom is 0.414 e. The molecule has 1 aromatic carbocycles. The van der Waals surface area contributed by atoms with E-state index in [1.54, 1.807) is 4.90 Å². The van der Waals surface area contributed by atoms with Gasteiger partial charge in [0, 0.05) is 12.6 Å². The molecule has 0 radical (unpaired) electrons. The number of amides is 2. The van der Waals surface area contributed by atoms with Gasteiger partial charge >= 0.3 is 6.09 Å². The Labute approximate surface area is 151 Å². The molecule has 0 spiro atoms. The molecule has 1 saturated heterocycles. The van der Waals surface area contributed by atoms with Gasteiger partial charge in [0.25, 0.3) is 0 Å². The average molecular weight is 361 g/mol. The highest BCUT2D eigenvalue weighted by Crippen LogP contribution is 2.26. The number of hydrogen-bond donors (Lipinski definition) is 3. The maximum absolute atomic E-state index is 12.2. The molecule has 2 heterocycles. The van der Waals surface area contributed by atoms with Crippen LogP contribution in [0.1, 0.15) is 18.1 Å². The van der Waals surface area contributed by atoms with Crippen LogP contribution in [0.3, 0.4) is 0 Å². The first kappa shape index (κ1) is 18.3. The van der Waals surface area contributed by atoms with Crippen LogP contribution < -0.4 is 15.5 Å². The van der Waals surface area contributed by atoms with Crippen LogP contribution in [0.2, 0.25) is 0 Å². The van der Waals surface area contributed by atoms with Crippen molar-refractivity contribution < 1.29 is 24.2 Å². The van der Waals surface area contributed by atoms with E-state index >= 15 is 0 Å². The van der Waals surface area contributed by atoms with Crippen LogP contribution in [0.15, 0.2) is 18.2 Å². The van der Waals surface area contributed by atoms with Gasteiger partial charge < -0.3 is 20.5 Å². The summed E-state index contributed by atoms with van der Waals surface area (Å²) < 4.78 is 5.30. The summed E-state index contributed by atoms with van der Waals surface area (Å²) in [5.74, 6) is -0.380. The number of aliphatic hydroxyl groups excluding tert-OH is 1. The molecule has 8 nitrogen and oxygen atoms in total. The van der Waals surface area contributed by atoms with Gasteiger partial charge in [0.15, 0.2) is 5.78 Å². The van der Waals surface area contributed by atoms with E-state index in [9.17, 15) is 14.4 Å². The van der Waals surface area contributed by atoms with Crippen molar-refractivity contribution in [2.75, 3.05) is 31.1 Å². The Hall–Kier alpha value is -2.45. The third-order valence-corrected chi connectivity index (χ3v) is 4.71. The summed E-state index contributed by atoms with van der Waals surface area (Å²) in [7, 11) is 0. The van der Waals surface area contributed by atoms with E-state index in [2.05, 4.69) is 10.6 Å². The Balaban J connectivity index is 1.73. The van der Waals surface area contributed by atoms with Gasteiger partial charge in [-0.3, -0.25) is 14.5 Å². The second kappa shape index (κ2) is 7.84. The normalized spacial score (nSPS) is 22.4. The monoisotopic (exact) mass is 361 g/mol. The molecular weight excluding hydrogens is 338 g/mol. The molecule has 26 heavy (non-hydrogen) atoms. The van der Waals surface area contributed by atoms with Gasteiger partial charge in [0.05, 0.1) is 19.1 Å². The molecule has 3 N–H and O–H groups in total. The van der Waals surface area contributed by atoms with Gasteiger partial charge in [-0.2, -0.15) is 0 Å². The fourth-order valence-electron chi connectivity index (χ4n) is 3.32. The Bertz CT molecular complexity index is 721. The van der Waals surface area contributed by atoms with Crippen LogP contribution >= 0.6 is 0 Å². The summed E-state index contributed by atoms with van der Waals surface area (Å²) in [5, 5.41) is 14.9. The lowest BCUT2D eigenvalue weighted by atomic mass is 9.98. The smallest absolute Gasteiger partial charge is 0.414 e. The lowest BCUT2D eigenvalue weighted by Crippen LogP contribution is -2.39. The van der Waals surface area contributed by atoms with Crippen molar-refractivity contribution in [3.63, 3.8) is 0 Å². The van der Waals surface area contributed by atoms with Crippen LogP contribution in [0, 0.1) is 0 Å². The Kier molecular flexibility index (Phi) is 5.53. The summed E-state index contributed by atoms with van der Waals surface area (Å²) in [6.45, 7) is 2.24. The minimum atomic E-state index is -0.472. The van der Waals surface area contributed by atoms with E-state index in [1.165, 1.54) is 6.92 Å². The zero-order chi connectivity index (χ0) is 18.7. The fourth-order valence-corrected chi connectivity index (χ4v) is 3.32. The van der Waals surface area contributed by atoms with Crippen molar-refractivity contribution in [2.45, 2.75) is 31.9 Å². The number of aliphatic hydroxyl groups is 1. The van der Waals surface area contributed by atoms with E-state index in [0.29, 0.717) is 19.5 Å². The molecule has 8 heteroatoms. The molecule has 3 rings (SSSR count). The molecule has 0 saturated carbocycles. The highest BCUT2D eigenvalue weighted by Gasteiger charge is 2.33. The highest BCUT2D eigenvalue weighted by molar-refractivity contribution is 5.90. The largest absolute Gasteiger partial charge is 0.442 e. The number of ketones is 1. The van der Waals surface area contributed by atoms with Crippen LogP contribution in [-0.4, -0.2) is 61.3 Å². The van der Waals surface area contributed by atoms with Gasteiger partial charge in [-0.1, -0.05) is 6.07 Å². The number of cyclic esters (lactones) is 1. The van der Waals surface area contributed by atoms with Crippen LogP contribution in [0.5, 0.6) is 0 Å². The van der Waals surface area contributed by atoms with Crippen LogP contribution in [0.4, 0.5) is 10.5 Å². The van der Waals surface area contributed by atoms with Crippen molar-refractivity contribution in [3.05, 3.63) is 29.3 Å². The second-order valence-corrected chi connectivity index (χ2v) is 6.59. The minimum Gasteiger partial charge on any atom is -0.442 e. The topological polar surface area (TPSA) is 108 Å². The van der Waals surface area contributed by atoms with E-state index in [4.69, 9.17) is 9.84 Å². The van der Waals surface area contributed by atoms with Gasteiger partial charge in [-0.25, -0.2) is 4.79 Å². The summed E-state index contributed by atoms with van der Waals surface area (Å²) >= 11 is 0. The number of hydrogen-bond acceptors (Lipinski definition) is 6. The first-order valence-corrected chi connectivity index (χ1v) is 8.69. The Morgan fingerprint density at radius 3 is 2.92 bits per heavy atom. The third-order valence-electron chi connectivity index (χ3n) is 4.71. The zero-order valence-corrected chi connectivity index (χ0v) is 14.7. The SMILES string of the molecule is CC(=O)NC[C@H]1CN(c2ccc3c(c2)CCNC(C(=O)CO)C3)C(=O)O1. The number of rotatable bonds is 5. The number of carbonyl (C=O) groups excluding carboxylic acids is 3. The first-order valence-electron chi connectivity index (χ1n) is 8.69. The van der Waals surface area contributed by atoms with E-state index in [1.807, 2.05) is 18.2 Å². The molecule has 140 valence electrons. The van der Waals surface area contributed by atoms with Crippen molar-refractivity contribution in [1.82, 2.24) is 10.6 Å². The molecule has 2 aliphatic heterocycles. The lowest BCUT2D eigenvalue weighted by Gasteiger charge is -2.17. The van der Waals surface area contributed by atoms with Crippen molar-refractivity contribution in [2.24, 2.45) is 0 Å².